The second kappa shape index (κ2) is 8.78. The third kappa shape index (κ3) is 4.57. The molecule has 4 rings (SSSR count). The molecule has 1 aliphatic heterocycles. The van der Waals surface area contributed by atoms with E-state index < -0.39 is 0 Å². The van der Waals surface area contributed by atoms with Crippen molar-refractivity contribution in [3.8, 4) is 0 Å². The molecule has 0 spiro atoms. The van der Waals surface area contributed by atoms with Gasteiger partial charge in [-0.25, -0.2) is 4.79 Å². The first-order valence-electron chi connectivity index (χ1n) is 10.1. The molecule has 0 radical (unpaired) electrons. The summed E-state index contributed by atoms with van der Waals surface area (Å²) in [5.41, 5.74) is 1.88. The number of likely N-dealkylation sites (tertiary alicyclic amines) is 1. The number of fused-ring (bicyclic) bond motifs is 1. The van der Waals surface area contributed by atoms with Crippen LogP contribution in [0.2, 0.25) is 0 Å². The van der Waals surface area contributed by atoms with Gasteiger partial charge in [0.05, 0.1) is 5.92 Å². The van der Waals surface area contributed by atoms with Crippen molar-refractivity contribution in [2.45, 2.75) is 19.4 Å². The molecule has 29 heavy (non-hydrogen) atoms. The second-order valence-corrected chi connectivity index (χ2v) is 7.45. The van der Waals surface area contributed by atoms with Crippen LogP contribution in [-0.2, 0) is 11.3 Å². The van der Waals surface area contributed by atoms with Gasteiger partial charge in [0.2, 0.25) is 5.91 Å². The Labute approximate surface area is 170 Å². The zero-order valence-corrected chi connectivity index (χ0v) is 16.3. The Morgan fingerprint density at radius 2 is 1.69 bits per heavy atom. The molecule has 3 aromatic carbocycles. The molecule has 0 saturated carbocycles. The van der Waals surface area contributed by atoms with Gasteiger partial charge in [0.25, 0.3) is 0 Å². The lowest BCUT2D eigenvalue weighted by Gasteiger charge is -2.32. The van der Waals surface area contributed by atoms with Gasteiger partial charge < -0.3 is 15.5 Å². The predicted octanol–water partition coefficient (Wildman–Crippen LogP) is 4.40. The molecule has 5 heteroatoms. The quantitative estimate of drug-likeness (QED) is 0.697. The highest BCUT2D eigenvalue weighted by Crippen LogP contribution is 2.25. The lowest BCUT2D eigenvalue weighted by Crippen LogP contribution is -2.47. The number of carbonyl (C=O) groups is 2. The van der Waals surface area contributed by atoms with Crippen molar-refractivity contribution in [2.24, 2.45) is 5.92 Å². The fraction of sp³-hybridized carbons (Fsp3) is 0.250. The SMILES string of the molecule is O=C(Nc1cccc2ccccc12)C1CCCN(C(=O)NCc2ccccc2)C1. The topological polar surface area (TPSA) is 61.4 Å². The maximum atomic E-state index is 12.9. The average molecular weight is 387 g/mol. The second-order valence-electron chi connectivity index (χ2n) is 7.45. The van der Waals surface area contributed by atoms with Crippen molar-refractivity contribution in [1.29, 1.82) is 0 Å². The molecule has 1 fully saturated rings. The van der Waals surface area contributed by atoms with E-state index in [0.29, 0.717) is 19.6 Å². The Bertz CT molecular complexity index is 998. The van der Waals surface area contributed by atoms with Gasteiger partial charge in [-0.3, -0.25) is 4.79 Å². The average Bonchev–Trinajstić information content (AvgIpc) is 2.78. The number of nitrogens with one attached hydrogen (secondary N) is 2. The van der Waals surface area contributed by atoms with Gasteiger partial charge in [-0.1, -0.05) is 66.7 Å². The number of carbonyl (C=O) groups excluding carboxylic acids is 2. The summed E-state index contributed by atoms with van der Waals surface area (Å²) in [7, 11) is 0. The first-order valence-corrected chi connectivity index (χ1v) is 10.1. The summed E-state index contributed by atoms with van der Waals surface area (Å²) in [5, 5.41) is 8.15. The van der Waals surface area contributed by atoms with E-state index in [1.54, 1.807) is 4.90 Å². The molecule has 148 valence electrons. The monoisotopic (exact) mass is 387 g/mol. The summed E-state index contributed by atoms with van der Waals surface area (Å²) in [6.07, 6.45) is 1.62. The van der Waals surface area contributed by atoms with E-state index in [2.05, 4.69) is 10.6 Å². The van der Waals surface area contributed by atoms with Gasteiger partial charge in [0.1, 0.15) is 0 Å². The van der Waals surface area contributed by atoms with E-state index in [-0.39, 0.29) is 17.9 Å². The highest BCUT2D eigenvalue weighted by molar-refractivity contribution is 6.03. The van der Waals surface area contributed by atoms with Crippen molar-refractivity contribution in [1.82, 2.24) is 10.2 Å². The highest BCUT2D eigenvalue weighted by atomic mass is 16.2. The molecule has 1 unspecified atom stereocenters. The van der Waals surface area contributed by atoms with Crippen LogP contribution in [0.25, 0.3) is 10.8 Å². The number of rotatable bonds is 4. The molecule has 1 aliphatic rings. The largest absolute Gasteiger partial charge is 0.334 e. The highest BCUT2D eigenvalue weighted by Gasteiger charge is 2.28. The van der Waals surface area contributed by atoms with E-state index in [0.717, 1.165) is 34.9 Å². The molecule has 1 saturated heterocycles. The Hall–Kier alpha value is -3.34. The standard InChI is InChI=1S/C24H25N3O2/c28-23(26-22-14-6-11-19-10-4-5-13-21(19)22)20-12-7-15-27(17-20)24(29)25-16-18-8-2-1-3-9-18/h1-6,8-11,13-14,20H,7,12,15-17H2,(H,25,29)(H,26,28). The third-order valence-electron chi connectivity index (χ3n) is 5.41. The van der Waals surface area contributed by atoms with Gasteiger partial charge in [-0.05, 0) is 29.9 Å². The molecule has 3 aromatic rings. The maximum Gasteiger partial charge on any atom is 0.317 e. The fourth-order valence-electron chi connectivity index (χ4n) is 3.83. The predicted molar refractivity (Wildman–Crippen MR) is 116 cm³/mol. The minimum absolute atomic E-state index is 0.0260. The first-order chi connectivity index (χ1) is 14.2. The molecule has 1 heterocycles. The lowest BCUT2D eigenvalue weighted by atomic mass is 9.97. The van der Waals surface area contributed by atoms with Gasteiger partial charge in [0.15, 0.2) is 0 Å². The normalized spacial score (nSPS) is 16.4. The van der Waals surface area contributed by atoms with Gasteiger partial charge >= 0.3 is 6.03 Å². The van der Waals surface area contributed by atoms with Crippen LogP contribution in [0.5, 0.6) is 0 Å². The summed E-state index contributed by atoms with van der Waals surface area (Å²) in [6.45, 7) is 1.61. The van der Waals surface area contributed by atoms with Gasteiger partial charge in [-0.2, -0.15) is 0 Å². The Morgan fingerprint density at radius 1 is 0.931 bits per heavy atom. The number of hydrogen-bond donors (Lipinski definition) is 2. The number of hydrogen-bond acceptors (Lipinski definition) is 2. The summed E-state index contributed by atoms with van der Waals surface area (Å²) in [4.78, 5) is 27.2. The fourth-order valence-corrected chi connectivity index (χ4v) is 3.83. The number of nitrogens with zero attached hydrogens (tertiary/aromatic N) is 1. The molecule has 1 atom stereocenters. The first kappa shape index (κ1) is 19.0. The minimum atomic E-state index is -0.204. The van der Waals surface area contributed by atoms with Gasteiger partial charge in [-0.15, -0.1) is 0 Å². The van der Waals surface area contributed by atoms with Crippen molar-refractivity contribution in [2.75, 3.05) is 18.4 Å². The Kier molecular flexibility index (Phi) is 5.75. The molecule has 0 aromatic heterocycles. The zero-order chi connectivity index (χ0) is 20.1. The van der Waals surface area contributed by atoms with E-state index in [1.807, 2.05) is 72.8 Å². The molecular formula is C24H25N3O2. The van der Waals surface area contributed by atoms with Crippen LogP contribution >= 0.6 is 0 Å². The third-order valence-corrected chi connectivity index (χ3v) is 5.41. The van der Waals surface area contributed by atoms with E-state index in [4.69, 9.17) is 0 Å². The smallest absolute Gasteiger partial charge is 0.317 e. The van der Waals surface area contributed by atoms with Gasteiger partial charge in [0, 0.05) is 30.7 Å². The Morgan fingerprint density at radius 3 is 2.55 bits per heavy atom. The zero-order valence-electron chi connectivity index (χ0n) is 16.3. The molecule has 0 aliphatic carbocycles. The van der Waals surface area contributed by atoms with E-state index in [9.17, 15) is 9.59 Å². The number of urea groups is 1. The van der Waals surface area contributed by atoms with Crippen LogP contribution in [-0.4, -0.2) is 29.9 Å². The van der Waals surface area contributed by atoms with Crippen LogP contribution in [0.3, 0.4) is 0 Å². The van der Waals surface area contributed by atoms with Crippen LogP contribution in [0.1, 0.15) is 18.4 Å². The van der Waals surface area contributed by atoms with Crippen LogP contribution in [0.15, 0.2) is 72.8 Å². The van der Waals surface area contributed by atoms with Crippen LogP contribution in [0, 0.1) is 5.92 Å². The molecule has 3 amide bonds. The number of benzene rings is 3. The minimum Gasteiger partial charge on any atom is -0.334 e. The van der Waals surface area contributed by atoms with Crippen LogP contribution < -0.4 is 10.6 Å². The summed E-state index contributed by atoms with van der Waals surface area (Å²) in [5.74, 6) is -0.230. The summed E-state index contributed by atoms with van der Waals surface area (Å²) < 4.78 is 0. The lowest BCUT2D eigenvalue weighted by molar-refractivity contribution is -0.121. The Balaban J connectivity index is 1.37. The molecule has 5 nitrogen and oxygen atoms in total. The van der Waals surface area contributed by atoms with E-state index in [1.165, 1.54) is 0 Å². The number of anilines is 1. The molecule has 2 N–H and O–H groups in total. The van der Waals surface area contributed by atoms with Crippen LogP contribution in [0.4, 0.5) is 10.5 Å². The summed E-state index contributed by atoms with van der Waals surface area (Å²) in [6, 6.07) is 23.6. The molecular weight excluding hydrogens is 362 g/mol. The van der Waals surface area contributed by atoms with Crippen molar-refractivity contribution in [3.63, 3.8) is 0 Å². The van der Waals surface area contributed by atoms with Crippen molar-refractivity contribution >= 4 is 28.4 Å². The van der Waals surface area contributed by atoms with Crippen molar-refractivity contribution in [3.05, 3.63) is 78.4 Å². The number of amides is 3. The van der Waals surface area contributed by atoms with Crippen molar-refractivity contribution < 1.29 is 9.59 Å². The van der Waals surface area contributed by atoms with E-state index >= 15 is 0 Å². The summed E-state index contributed by atoms with van der Waals surface area (Å²) >= 11 is 0. The molecule has 0 bridgehead atoms. The number of piperidine rings is 1. The maximum absolute atomic E-state index is 12.9.